The van der Waals surface area contributed by atoms with Gasteiger partial charge in [-0.2, -0.15) is 0 Å². The fourth-order valence-electron chi connectivity index (χ4n) is 1.80. The van der Waals surface area contributed by atoms with Gasteiger partial charge in [0.15, 0.2) is 0 Å². The molecule has 92 valence electrons. The lowest BCUT2D eigenvalue weighted by Gasteiger charge is -2.06. The molecule has 0 aliphatic rings. The van der Waals surface area contributed by atoms with E-state index >= 15 is 0 Å². The molecular weight excluding hydrogens is 218 g/mol. The second-order valence-corrected chi connectivity index (χ2v) is 4.67. The number of nitrogens with two attached hydrogens (primary N) is 1. The highest BCUT2D eigenvalue weighted by atomic mass is 14.6. The van der Waals surface area contributed by atoms with Crippen molar-refractivity contribution in [2.24, 2.45) is 5.73 Å². The lowest BCUT2D eigenvalue weighted by Crippen LogP contribution is -2.15. The van der Waals surface area contributed by atoms with Gasteiger partial charge in [-0.05, 0) is 30.5 Å². The first-order valence-corrected chi connectivity index (χ1v) is 6.26. The average Bonchev–Trinajstić information content (AvgIpc) is 2.40. The van der Waals surface area contributed by atoms with Crippen LogP contribution in [0.4, 0.5) is 0 Å². The standard InChI is InChI=1S/C17H19N/c1-13(14(2)18)12-15-8-10-17(11-9-15)16-6-4-3-5-7-16/h3-12,14H,18H2,1-2H3/b13-12+. The summed E-state index contributed by atoms with van der Waals surface area (Å²) < 4.78 is 0. The predicted octanol–water partition coefficient (Wildman–Crippen LogP) is 4.10. The second-order valence-electron chi connectivity index (χ2n) is 4.67. The first-order valence-electron chi connectivity index (χ1n) is 6.26. The Morgan fingerprint density at radius 2 is 1.50 bits per heavy atom. The Morgan fingerprint density at radius 1 is 0.944 bits per heavy atom. The molecular formula is C17H19N. The molecule has 18 heavy (non-hydrogen) atoms. The van der Waals surface area contributed by atoms with Gasteiger partial charge in [-0.25, -0.2) is 0 Å². The molecule has 0 aliphatic heterocycles. The van der Waals surface area contributed by atoms with Gasteiger partial charge in [0.05, 0.1) is 0 Å². The molecule has 0 saturated carbocycles. The van der Waals surface area contributed by atoms with Crippen molar-refractivity contribution in [1.29, 1.82) is 0 Å². The summed E-state index contributed by atoms with van der Waals surface area (Å²) in [7, 11) is 0. The van der Waals surface area contributed by atoms with E-state index in [0.29, 0.717) is 0 Å². The molecule has 0 spiro atoms. The van der Waals surface area contributed by atoms with E-state index in [2.05, 4.69) is 61.5 Å². The molecule has 1 heteroatoms. The number of hydrogen-bond acceptors (Lipinski definition) is 1. The predicted molar refractivity (Wildman–Crippen MR) is 79.2 cm³/mol. The molecule has 0 aromatic heterocycles. The highest BCUT2D eigenvalue weighted by molar-refractivity contribution is 5.66. The Hall–Kier alpha value is -1.86. The number of benzene rings is 2. The minimum Gasteiger partial charge on any atom is -0.324 e. The molecule has 1 unspecified atom stereocenters. The lowest BCUT2D eigenvalue weighted by molar-refractivity contribution is 0.868. The molecule has 2 rings (SSSR count). The van der Waals surface area contributed by atoms with Crippen LogP contribution in [0.2, 0.25) is 0 Å². The summed E-state index contributed by atoms with van der Waals surface area (Å²) in [6.45, 7) is 4.07. The van der Waals surface area contributed by atoms with E-state index in [1.165, 1.54) is 22.3 Å². The van der Waals surface area contributed by atoms with Crippen LogP contribution in [0.15, 0.2) is 60.2 Å². The summed E-state index contributed by atoms with van der Waals surface area (Å²) in [5.74, 6) is 0. The zero-order valence-electron chi connectivity index (χ0n) is 10.9. The Balaban J connectivity index is 2.24. The summed E-state index contributed by atoms with van der Waals surface area (Å²) in [5.41, 5.74) is 10.7. The number of rotatable bonds is 3. The molecule has 1 atom stereocenters. The summed E-state index contributed by atoms with van der Waals surface area (Å²) >= 11 is 0. The molecule has 0 fully saturated rings. The maximum absolute atomic E-state index is 5.84. The van der Waals surface area contributed by atoms with Crippen LogP contribution in [0.5, 0.6) is 0 Å². The Bertz CT molecular complexity index is 521. The molecule has 0 amide bonds. The van der Waals surface area contributed by atoms with Gasteiger partial charge >= 0.3 is 0 Å². The fraction of sp³-hybridized carbons (Fsp3) is 0.176. The minimum atomic E-state index is 0.110. The topological polar surface area (TPSA) is 26.0 Å². The zero-order chi connectivity index (χ0) is 13.0. The minimum absolute atomic E-state index is 0.110. The highest BCUT2D eigenvalue weighted by Gasteiger charge is 1.98. The van der Waals surface area contributed by atoms with E-state index in [-0.39, 0.29) is 6.04 Å². The summed E-state index contributed by atoms with van der Waals surface area (Å²) in [6.07, 6.45) is 2.14. The quantitative estimate of drug-likeness (QED) is 0.854. The molecule has 0 radical (unpaired) electrons. The summed E-state index contributed by atoms with van der Waals surface area (Å²) in [6, 6.07) is 19.1. The van der Waals surface area contributed by atoms with Crippen molar-refractivity contribution in [3.8, 4) is 11.1 Å². The lowest BCUT2D eigenvalue weighted by atomic mass is 10.0. The third-order valence-electron chi connectivity index (χ3n) is 3.13. The zero-order valence-corrected chi connectivity index (χ0v) is 10.9. The van der Waals surface area contributed by atoms with Crippen LogP contribution in [0, 0.1) is 0 Å². The van der Waals surface area contributed by atoms with Gasteiger partial charge in [0.2, 0.25) is 0 Å². The van der Waals surface area contributed by atoms with Crippen LogP contribution >= 0.6 is 0 Å². The van der Waals surface area contributed by atoms with E-state index < -0.39 is 0 Å². The Labute approximate surface area is 109 Å². The van der Waals surface area contributed by atoms with Crippen LogP contribution < -0.4 is 5.73 Å². The first-order chi connectivity index (χ1) is 8.66. The van der Waals surface area contributed by atoms with E-state index in [0.717, 1.165) is 0 Å². The van der Waals surface area contributed by atoms with Gasteiger partial charge in [0, 0.05) is 6.04 Å². The number of hydrogen-bond donors (Lipinski definition) is 1. The Morgan fingerprint density at radius 3 is 2.06 bits per heavy atom. The van der Waals surface area contributed by atoms with Crippen molar-refractivity contribution in [3.05, 3.63) is 65.7 Å². The Kier molecular flexibility index (Phi) is 3.96. The summed E-state index contributed by atoms with van der Waals surface area (Å²) in [4.78, 5) is 0. The molecule has 0 heterocycles. The van der Waals surface area contributed by atoms with Crippen molar-refractivity contribution >= 4 is 6.08 Å². The van der Waals surface area contributed by atoms with Crippen LogP contribution in [0.1, 0.15) is 19.4 Å². The van der Waals surface area contributed by atoms with Crippen LogP contribution in [0.25, 0.3) is 17.2 Å². The molecule has 0 aliphatic carbocycles. The van der Waals surface area contributed by atoms with Gasteiger partial charge < -0.3 is 5.73 Å². The third-order valence-corrected chi connectivity index (χ3v) is 3.13. The average molecular weight is 237 g/mol. The van der Waals surface area contributed by atoms with Crippen molar-refractivity contribution < 1.29 is 0 Å². The SMILES string of the molecule is C/C(=C\c1ccc(-c2ccccc2)cc1)C(C)N. The van der Waals surface area contributed by atoms with Gasteiger partial charge in [0.1, 0.15) is 0 Å². The highest BCUT2D eigenvalue weighted by Crippen LogP contribution is 2.20. The smallest absolute Gasteiger partial charge is 0.0225 e. The maximum Gasteiger partial charge on any atom is 0.0225 e. The summed E-state index contributed by atoms with van der Waals surface area (Å²) in [5, 5.41) is 0. The molecule has 0 bridgehead atoms. The van der Waals surface area contributed by atoms with E-state index in [4.69, 9.17) is 5.73 Å². The van der Waals surface area contributed by atoms with Crippen molar-refractivity contribution in [3.63, 3.8) is 0 Å². The van der Waals surface area contributed by atoms with Crippen LogP contribution in [-0.2, 0) is 0 Å². The molecule has 2 aromatic rings. The largest absolute Gasteiger partial charge is 0.324 e. The normalized spacial score (nSPS) is 13.4. The van der Waals surface area contributed by atoms with Crippen molar-refractivity contribution in [2.75, 3.05) is 0 Å². The van der Waals surface area contributed by atoms with E-state index in [1.807, 2.05) is 13.0 Å². The van der Waals surface area contributed by atoms with Crippen LogP contribution in [0.3, 0.4) is 0 Å². The van der Waals surface area contributed by atoms with Gasteiger partial charge in [0.25, 0.3) is 0 Å². The maximum atomic E-state index is 5.84. The van der Waals surface area contributed by atoms with Gasteiger partial charge in [-0.1, -0.05) is 66.2 Å². The van der Waals surface area contributed by atoms with Crippen LogP contribution in [-0.4, -0.2) is 6.04 Å². The van der Waals surface area contributed by atoms with Gasteiger partial charge in [-0.3, -0.25) is 0 Å². The fourth-order valence-corrected chi connectivity index (χ4v) is 1.80. The molecule has 1 nitrogen and oxygen atoms in total. The molecule has 0 saturated heterocycles. The molecule has 2 aromatic carbocycles. The van der Waals surface area contributed by atoms with E-state index in [9.17, 15) is 0 Å². The molecule has 2 N–H and O–H groups in total. The first kappa shape index (κ1) is 12.6. The third kappa shape index (κ3) is 3.08. The second kappa shape index (κ2) is 5.65. The monoisotopic (exact) mass is 237 g/mol. The van der Waals surface area contributed by atoms with Gasteiger partial charge in [-0.15, -0.1) is 0 Å². The van der Waals surface area contributed by atoms with Crippen molar-refractivity contribution in [1.82, 2.24) is 0 Å². The van der Waals surface area contributed by atoms with Crippen molar-refractivity contribution in [2.45, 2.75) is 19.9 Å². The van der Waals surface area contributed by atoms with E-state index in [1.54, 1.807) is 0 Å².